The smallest absolute Gasteiger partial charge is 0.227 e. The van der Waals surface area contributed by atoms with E-state index in [0.29, 0.717) is 61.0 Å². The summed E-state index contributed by atoms with van der Waals surface area (Å²) in [5, 5.41) is 12.2. The van der Waals surface area contributed by atoms with Gasteiger partial charge in [-0.3, -0.25) is 9.89 Å². The number of carbonyl (C=O) groups is 1. The number of H-pyrrole nitrogens is 1. The van der Waals surface area contributed by atoms with Crippen molar-refractivity contribution in [2.75, 3.05) is 36.1 Å². The van der Waals surface area contributed by atoms with Crippen LogP contribution in [0.25, 0.3) is 28.0 Å². The minimum Gasteiger partial charge on any atom is -0.377 e. The number of fused-ring (bicyclic) bond motifs is 1. The van der Waals surface area contributed by atoms with E-state index in [1.54, 1.807) is 34.1 Å². The van der Waals surface area contributed by atoms with Crippen molar-refractivity contribution in [3.05, 3.63) is 48.5 Å². The molecular weight excluding hydrogens is 437 g/mol. The van der Waals surface area contributed by atoms with Gasteiger partial charge in [-0.15, -0.1) is 0 Å². The molecule has 0 spiro atoms. The fourth-order valence-electron chi connectivity index (χ4n) is 4.78. The summed E-state index contributed by atoms with van der Waals surface area (Å²) < 4.78 is 22.8. The van der Waals surface area contributed by atoms with E-state index in [-0.39, 0.29) is 17.8 Å². The van der Waals surface area contributed by atoms with E-state index in [9.17, 15) is 4.79 Å². The summed E-state index contributed by atoms with van der Waals surface area (Å²) in [7, 11) is 0. The quantitative estimate of drug-likeness (QED) is 0.501. The third-order valence-corrected chi connectivity index (χ3v) is 6.53. The second kappa shape index (κ2) is 8.21. The van der Waals surface area contributed by atoms with Crippen molar-refractivity contribution in [1.29, 1.82) is 0 Å². The number of morpholine rings is 1. The summed E-state index contributed by atoms with van der Waals surface area (Å²) in [6.45, 7) is 4.59. The summed E-state index contributed by atoms with van der Waals surface area (Å²) >= 11 is 0. The molecular formula is C24H24FN7O2. The second-order valence-corrected chi connectivity index (χ2v) is 8.69. The van der Waals surface area contributed by atoms with Crippen LogP contribution in [0.5, 0.6) is 0 Å². The number of anilines is 2. The third kappa shape index (κ3) is 3.41. The number of carbonyl (C=O) groups excluding carboxylic acids is 1. The zero-order valence-electron chi connectivity index (χ0n) is 18.7. The standard InChI is InChI=1S/C24H24FN7O2/c1-15-14-34-10-9-30(15)22-12-18(19-13-27-32(24(19)28-22)21-6-7-26-29-21)17-5-4-16(11-20(17)25)31-8-2-3-23(31)33/h4-7,11-13,15H,2-3,8-10,14H2,1H3,(H,26,29)/t15-/m1/s1. The fourth-order valence-corrected chi connectivity index (χ4v) is 4.78. The van der Waals surface area contributed by atoms with Crippen LogP contribution in [0, 0.1) is 5.82 Å². The topological polar surface area (TPSA) is 92.2 Å². The Hall–Kier alpha value is -3.79. The molecule has 2 aliphatic rings. The molecule has 1 atom stereocenters. The van der Waals surface area contributed by atoms with Gasteiger partial charge in [0.15, 0.2) is 11.5 Å². The molecule has 0 saturated carbocycles. The van der Waals surface area contributed by atoms with E-state index in [1.165, 1.54) is 6.07 Å². The van der Waals surface area contributed by atoms with E-state index >= 15 is 4.39 Å². The number of nitrogens with one attached hydrogen (secondary N) is 1. The molecule has 1 N–H and O–H groups in total. The zero-order chi connectivity index (χ0) is 23.2. The highest BCUT2D eigenvalue weighted by molar-refractivity contribution is 5.97. The fraction of sp³-hybridized carbons (Fsp3) is 0.333. The molecule has 5 heterocycles. The van der Waals surface area contributed by atoms with Gasteiger partial charge in [-0.2, -0.15) is 14.9 Å². The number of nitrogens with zero attached hydrogens (tertiary/aromatic N) is 6. The van der Waals surface area contributed by atoms with Crippen LogP contribution in [0.15, 0.2) is 42.7 Å². The summed E-state index contributed by atoms with van der Waals surface area (Å²) in [5.41, 5.74) is 2.33. The Morgan fingerprint density at radius 2 is 2.09 bits per heavy atom. The van der Waals surface area contributed by atoms with Gasteiger partial charge in [0.2, 0.25) is 5.91 Å². The van der Waals surface area contributed by atoms with Gasteiger partial charge in [0, 0.05) is 47.8 Å². The lowest BCUT2D eigenvalue weighted by molar-refractivity contribution is -0.117. The Labute approximate surface area is 195 Å². The van der Waals surface area contributed by atoms with Gasteiger partial charge in [-0.05, 0) is 37.6 Å². The van der Waals surface area contributed by atoms with Gasteiger partial charge in [0.1, 0.15) is 11.6 Å². The maximum absolute atomic E-state index is 15.5. The van der Waals surface area contributed by atoms with Gasteiger partial charge in [-0.1, -0.05) is 0 Å². The summed E-state index contributed by atoms with van der Waals surface area (Å²) in [6, 6.07) is 8.85. The first kappa shape index (κ1) is 20.8. The van der Waals surface area contributed by atoms with Gasteiger partial charge in [-0.25, -0.2) is 9.37 Å². The zero-order valence-corrected chi connectivity index (χ0v) is 18.7. The first-order chi connectivity index (χ1) is 16.6. The van der Waals surface area contributed by atoms with Crippen LogP contribution in [0.2, 0.25) is 0 Å². The number of pyridine rings is 1. The highest BCUT2D eigenvalue weighted by atomic mass is 19.1. The van der Waals surface area contributed by atoms with Crippen LogP contribution in [0.4, 0.5) is 15.9 Å². The van der Waals surface area contributed by atoms with E-state index in [1.807, 2.05) is 12.1 Å². The molecule has 2 aliphatic heterocycles. The minimum atomic E-state index is -0.389. The van der Waals surface area contributed by atoms with Crippen molar-refractivity contribution in [2.24, 2.45) is 0 Å². The molecule has 34 heavy (non-hydrogen) atoms. The predicted molar refractivity (Wildman–Crippen MR) is 126 cm³/mol. The lowest BCUT2D eigenvalue weighted by Crippen LogP contribution is -2.44. The summed E-state index contributed by atoms with van der Waals surface area (Å²) in [4.78, 5) is 20.9. The van der Waals surface area contributed by atoms with E-state index in [4.69, 9.17) is 9.72 Å². The third-order valence-electron chi connectivity index (χ3n) is 6.53. The number of amides is 1. The van der Waals surface area contributed by atoms with Crippen molar-refractivity contribution in [2.45, 2.75) is 25.8 Å². The number of ether oxygens (including phenoxy) is 1. The van der Waals surface area contributed by atoms with E-state index in [0.717, 1.165) is 17.6 Å². The summed E-state index contributed by atoms with van der Waals surface area (Å²) in [6.07, 6.45) is 4.64. The molecule has 10 heteroatoms. The van der Waals surface area contributed by atoms with Crippen molar-refractivity contribution in [3.8, 4) is 16.9 Å². The van der Waals surface area contributed by atoms with E-state index in [2.05, 4.69) is 27.1 Å². The number of aromatic amines is 1. The molecule has 2 fully saturated rings. The Kier molecular flexibility index (Phi) is 5.02. The number of hydrogen-bond acceptors (Lipinski definition) is 6. The Bertz CT molecular complexity index is 1370. The van der Waals surface area contributed by atoms with Crippen LogP contribution in [-0.2, 0) is 9.53 Å². The molecule has 4 aromatic rings. The highest BCUT2D eigenvalue weighted by Crippen LogP contribution is 2.36. The Balaban J connectivity index is 1.51. The molecule has 9 nitrogen and oxygen atoms in total. The van der Waals surface area contributed by atoms with Gasteiger partial charge < -0.3 is 14.5 Å². The average Bonchev–Trinajstić information content (AvgIpc) is 3.59. The molecule has 1 amide bonds. The first-order valence-electron chi connectivity index (χ1n) is 11.4. The maximum Gasteiger partial charge on any atom is 0.227 e. The highest BCUT2D eigenvalue weighted by Gasteiger charge is 2.26. The average molecular weight is 462 g/mol. The van der Waals surface area contributed by atoms with Gasteiger partial charge >= 0.3 is 0 Å². The molecule has 6 rings (SSSR count). The first-order valence-corrected chi connectivity index (χ1v) is 11.4. The normalized spacial score (nSPS) is 18.9. The number of aromatic nitrogens is 5. The number of halogens is 1. The van der Waals surface area contributed by atoms with Crippen molar-refractivity contribution in [3.63, 3.8) is 0 Å². The lowest BCUT2D eigenvalue weighted by atomic mass is 10.0. The van der Waals surface area contributed by atoms with E-state index < -0.39 is 0 Å². The molecule has 174 valence electrons. The van der Waals surface area contributed by atoms with Gasteiger partial charge in [0.05, 0.1) is 31.6 Å². The predicted octanol–water partition coefficient (Wildman–Crippen LogP) is 3.30. The molecule has 0 aliphatic carbocycles. The van der Waals surface area contributed by atoms with Crippen LogP contribution in [0.3, 0.4) is 0 Å². The summed E-state index contributed by atoms with van der Waals surface area (Å²) in [5.74, 6) is 1.05. The largest absolute Gasteiger partial charge is 0.377 e. The monoisotopic (exact) mass is 461 g/mol. The Morgan fingerprint density at radius 1 is 1.18 bits per heavy atom. The van der Waals surface area contributed by atoms with Gasteiger partial charge in [0.25, 0.3) is 0 Å². The number of benzene rings is 1. The van der Waals surface area contributed by atoms with Crippen molar-refractivity contribution in [1.82, 2.24) is 25.0 Å². The van der Waals surface area contributed by atoms with Crippen LogP contribution < -0.4 is 9.80 Å². The van der Waals surface area contributed by atoms with Crippen molar-refractivity contribution >= 4 is 28.4 Å². The lowest BCUT2D eigenvalue weighted by Gasteiger charge is -2.34. The number of hydrogen-bond donors (Lipinski definition) is 1. The minimum absolute atomic E-state index is 0.0304. The van der Waals surface area contributed by atoms with Crippen LogP contribution in [-0.4, -0.2) is 63.2 Å². The molecule has 0 bridgehead atoms. The molecule has 0 radical (unpaired) electrons. The Morgan fingerprint density at radius 3 is 2.82 bits per heavy atom. The molecule has 2 saturated heterocycles. The van der Waals surface area contributed by atoms with Crippen LogP contribution >= 0.6 is 0 Å². The molecule has 3 aromatic heterocycles. The molecule has 0 unspecified atom stereocenters. The van der Waals surface area contributed by atoms with Crippen LogP contribution in [0.1, 0.15) is 19.8 Å². The molecule has 1 aromatic carbocycles. The second-order valence-electron chi connectivity index (χ2n) is 8.69. The number of rotatable bonds is 4. The maximum atomic E-state index is 15.5. The van der Waals surface area contributed by atoms with Crippen molar-refractivity contribution < 1.29 is 13.9 Å². The SMILES string of the molecule is C[C@@H]1COCCN1c1cc(-c2ccc(N3CCCC3=O)cc2F)c2cnn(-c3ccn[nH]3)c2n1.